The topological polar surface area (TPSA) is 90.8 Å². The van der Waals surface area contributed by atoms with Crippen LogP contribution < -0.4 is 15.5 Å². The fourth-order valence-corrected chi connectivity index (χ4v) is 0.671. The van der Waals surface area contributed by atoms with Crippen LogP contribution in [0.1, 0.15) is 13.3 Å². The van der Waals surface area contributed by atoms with E-state index in [2.05, 4.69) is 5.73 Å². The Bertz CT molecular complexity index is 109. The van der Waals surface area contributed by atoms with Crippen molar-refractivity contribution < 1.29 is 20.1 Å². The van der Waals surface area contributed by atoms with Crippen molar-refractivity contribution in [1.82, 2.24) is 0 Å². The van der Waals surface area contributed by atoms with Gasteiger partial charge < -0.3 is 20.1 Å². The lowest BCUT2D eigenvalue weighted by Crippen LogP contribution is -2.63. The van der Waals surface area contributed by atoms with Gasteiger partial charge in [0.25, 0.3) is 0 Å². The molecule has 8 heavy (non-hydrogen) atoms. The van der Waals surface area contributed by atoms with Crippen LogP contribution in [0.25, 0.3) is 0 Å². The third-order valence-electron chi connectivity index (χ3n) is 0.918. The molecular formula is C3H9NO3P-. The highest BCUT2D eigenvalue weighted by atomic mass is 31.2. The molecule has 0 aromatic rings. The average Bonchev–Trinajstić information content (AvgIpc) is 1.62. The van der Waals surface area contributed by atoms with Gasteiger partial charge in [-0.15, -0.1) is 0 Å². The summed E-state index contributed by atoms with van der Waals surface area (Å²) in [5.74, 6) is -0.956. The van der Waals surface area contributed by atoms with E-state index in [1.165, 1.54) is 0 Å². The third kappa shape index (κ3) is 2.43. The van der Waals surface area contributed by atoms with E-state index >= 15 is 0 Å². The summed E-state index contributed by atoms with van der Waals surface area (Å²) in [7, 11) is -4.37. The second-order valence-corrected chi connectivity index (χ2v) is 3.41. The number of hydrogen-bond acceptors (Lipinski definition) is 3. The Morgan fingerprint density at radius 2 is 2.12 bits per heavy atom. The van der Waals surface area contributed by atoms with E-state index in [1.807, 2.05) is 0 Å². The largest absolute Gasteiger partial charge is 0.807 e. The van der Waals surface area contributed by atoms with Gasteiger partial charge in [0, 0.05) is 6.42 Å². The molecule has 0 aliphatic carbocycles. The van der Waals surface area contributed by atoms with Gasteiger partial charge in [-0.1, -0.05) is 6.92 Å². The van der Waals surface area contributed by atoms with Crippen molar-refractivity contribution in [3.63, 3.8) is 0 Å². The minimum absolute atomic E-state index is 0.296. The lowest BCUT2D eigenvalue weighted by molar-refractivity contribution is -0.429. The fraction of sp³-hybridized carbons (Fsp3) is 1.00. The van der Waals surface area contributed by atoms with E-state index in [1.54, 1.807) is 6.92 Å². The average molecular weight is 138 g/mol. The van der Waals surface area contributed by atoms with Crippen molar-refractivity contribution in [3.05, 3.63) is 0 Å². The molecule has 0 aliphatic rings. The number of hydrogen-bond donors (Lipinski definition) is 1. The predicted molar refractivity (Wildman–Crippen MR) is 24.6 cm³/mol. The standard InChI is InChI=1S/C3H10NO3P/c1-2-3(4)8(5,6)7/h3H,2,4H2,1H3,(H2,5,6,7)/p-1/t3-/m0/s1. The zero-order chi connectivity index (χ0) is 6.78. The SMILES string of the molecule is CC[C@@H]([NH3+])P(=O)([O-])[O-]. The molecule has 0 aliphatic heterocycles. The summed E-state index contributed by atoms with van der Waals surface area (Å²) in [6, 6.07) is 0. The predicted octanol–water partition coefficient (Wildman–Crippen LogP) is -2.12. The Balaban J connectivity index is 3.82. The summed E-state index contributed by atoms with van der Waals surface area (Å²) < 4.78 is 9.97. The molecule has 0 heterocycles. The Morgan fingerprint density at radius 1 is 1.75 bits per heavy atom. The Morgan fingerprint density at radius 3 is 2.12 bits per heavy atom. The molecule has 1 atom stereocenters. The van der Waals surface area contributed by atoms with Crippen molar-refractivity contribution in [1.29, 1.82) is 0 Å². The van der Waals surface area contributed by atoms with Crippen LogP contribution in [0, 0.1) is 0 Å². The molecule has 0 unspecified atom stereocenters. The van der Waals surface area contributed by atoms with E-state index in [9.17, 15) is 14.4 Å². The molecule has 0 radical (unpaired) electrons. The lowest BCUT2D eigenvalue weighted by Gasteiger charge is -2.31. The van der Waals surface area contributed by atoms with E-state index < -0.39 is 13.4 Å². The summed E-state index contributed by atoms with van der Waals surface area (Å²) >= 11 is 0. The molecule has 3 N–H and O–H groups in total. The first-order valence-corrected chi connectivity index (χ1v) is 3.94. The molecule has 0 rings (SSSR count). The second kappa shape index (κ2) is 2.60. The molecule has 0 saturated carbocycles. The van der Waals surface area contributed by atoms with Crippen LogP contribution in [0.3, 0.4) is 0 Å². The molecule has 4 nitrogen and oxygen atoms in total. The summed E-state index contributed by atoms with van der Waals surface area (Å²) in [6.07, 6.45) is 0.296. The van der Waals surface area contributed by atoms with Gasteiger partial charge >= 0.3 is 0 Å². The van der Waals surface area contributed by atoms with E-state index in [4.69, 9.17) is 0 Å². The van der Waals surface area contributed by atoms with Gasteiger partial charge in [-0.25, -0.2) is 0 Å². The summed E-state index contributed by atoms with van der Waals surface area (Å²) in [5, 5.41) is 0. The Kier molecular flexibility index (Phi) is 2.63. The van der Waals surface area contributed by atoms with Crippen LogP contribution in [0.2, 0.25) is 0 Å². The molecule has 0 bridgehead atoms. The monoisotopic (exact) mass is 138 g/mol. The summed E-state index contributed by atoms with van der Waals surface area (Å²) in [6.45, 7) is 1.61. The molecular weight excluding hydrogens is 129 g/mol. The molecule has 0 amide bonds. The lowest BCUT2D eigenvalue weighted by atomic mass is 10.5. The van der Waals surface area contributed by atoms with Crippen LogP contribution in [-0.2, 0) is 4.57 Å². The molecule has 0 aromatic heterocycles. The first-order chi connectivity index (χ1) is 3.48. The van der Waals surface area contributed by atoms with Crippen molar-refractivity contribution in [3.8, 4) is 0 Å². The van der Waals surface area contributed by atoms with E-state index in [0.29, 0.717) is 6.42 Å². The van der Waals surface area contributed by atoms with Gasteiger partial charge in [0.2, 0.25) is 0 Å². The van der Waals surface area contributed by atoms with Crippen molar-refractivity contribution >= 4 is 7.60 Å². The van der Waals surface area contributed by atoms with Crippen LogP contribution in [0.4, 0.5) is 0 Å². The Hall–Kier alpha value is 0.110. The van der Waals surface area contributed by atoms with Crippen molar-refractivity contribution in [2.24, 2.45) is 0 Å². The molecule has 0 saturated heterocycles. The van der Waals surface area contributed by atoms with Gasteiger partial charge in [0.1, 0.15) is 5.78 Å². The van der Waals surface area contributed by atoms with Gasteiger partial charge in [-0.05, 0) is 7.60 Å². The first-order valence-electron chi connectivity index (χ1n) is 2.33. The smallest absolute Gasteiger partial charge is 0.109 e. The maximum absolute atomic E-state index is 9.97. The molecule has 50 valence electrons. The van der Waals surface area contributed by atoms with Crippen molar-refractivity contribution in [2.75, 3.05) is 0 Å². The van der Waals surface area contributed by atoms with Gasteiger partial charge in [0.05, 0.1) is 0 Å². The third-order valence-corrected chi connectivity index (χ3v) is 2.18. The summed E-state index contributed by atoms with van der Waals surface area (Å²) in [5.41, 5.74) is 3.14. The second-order valence-electron chi connectivity index (χ2n) is 1.60. The maximum atomic E-state index is 9.97. The van der Waals surface area contributed by atoms with Crippen LogP contribution >= 0.6 is 7.60 Å². The highest BCUT2D eigenvalue weighted by molar-refractivity contribution is 7.49. The minimum Gasteiger partial charge on any atom is -0.807 e. The van der Waals surface area contributed by atoms with E-state index in [-0.39, 0.29) is 0 Å². The van der Waals surface area contributed by atoms with Gasteiger partial charge in [-0.2, -0.15) is 0 Å². The number of quaternary nitrogens is 1. The first kappa shape index (κ1) is 8.11. The minimum atomic E-state index is -4.37. The maximum Gasteiger partial charge on any atom is 0.109 e. The molecule has 0 fully saturated rings. The molecule has 5 heteroatoms. The number of rotatable bonds is 2. The highest BCUT2D eigenvalue weighted by Gasteiger charge is 2.05. The summed E-state index contributed by atoms with van der Waals surface area (Å²) in [4.78, 5) is 19.9. The Labute approximate surface area is 47.9 Å². The molecule has 0 spiro atoms. The van der Waals surface area contributed by atoms with Crippen LogP contribution in [-0.4, -0.2) is 5.78 Å². The van der Waals surface area contributed by atoms with E-state index in [0.717, 1.165) is 0 Å². The quantitative estimate of drug-likeness (QED) is 0.442. The van der Waals surface area contributed by atoms with Crippen LogP contribution in [0.5, 0.6) is 0 Å². The van der Waals surface area contributed by atoms with Crippen LogP contribution in [0.15, 0.2) is 0 Å². The zero-order valence-electron chi connectivity index (χ0n) is 4.66. The van der Waals surface area contributed by atoms with Gasteiger partial charge in [0.15, 0.2) is 0 Å². The van der Waals surface area contributed by atoms with Gasteiger partial charge in [-0.3, -0.25) is 0 Å². The normalized spacial score (nSPS) is 16.0. The molecule has 0 aromatic carbocycles. The highest BCUT2D eigenvalue weighted by Crippen LogP contribution is 2.27. The fourth-order valence-electron chi connectivity index (χ4n) is 0.224. The van der Waals surface area contributed by atoms with Crippen molar-refractivity contribution in [2.45, 2.75) is 19.1 Å². The zero-order valence-corrected chi connectivity index (χ0v) is 5.56.